The van der Waals surface area contributed by atoms with E-state index in [1.807, 2.05) is 0 Å². The molecule has 0 fully saturated rings. The monoisotopic (exact) mass is 332 g/mol. The summed E-state index contributed by atoms with van der Waals surface area (Å²) in [6.45, 7) is 0. The maximum Gasteiger partial charge on any atom is 0.271 e. The number of rotatable bonds is 5. The van der Waals surface area contributed by atoms with Crippen molar-refractivity contribution >= 4 is 42.8 Å². The van der Waals surface area contributed by atoms with E-state index in [0.29, 0.717) is 11.4 Å². The highest BCUT2D eigenvalue weighted by molar-refractivity contribution is 7.94. The second-order valence-corrected chi connectivity index (χ2v) is 8.59. The molecule has 6 nitrogen and oxygen atoms in total. The highest BCUT2D eigenvalue weighted by Crippen LogP contribution is 2.21. The first-order valence-corrected chi connectivity index (χ1v) is 9.66. The average molecular weight is 332 g/mol. The van der Waals surface area contributed by atoms with Crippen molar-refractivity contribution in [2.45, 2.75) is 4.21 Å². The van der Waals surface area contributed by atoms with Crippen molar-refractivity contribution in [3.63, 3.8) is 0 Å². The van der Waals surface area contributed by atoms with E-state index >= 15 is 0 Å². The molecule has 0 saturated carbocycles. The largest absolute Gasteiger partial charge is 0.284 e. The fourth-order valence-corrected chi connectivity index (χ4v) is 4.06. The highest BCUT2D eigenvalue weighted by atomic mass is 32.2. The molecule has 20 heavy (non-hydrogen) atoms. The molecule has 0 radical (unpaired) electrons. The Morgan fingerprint density at radius 1 is 0.900 bits per heavy atom. The van der Waals surface area contributed by atoms with E-state index in [0.717, 1.165) is 17.6 Å². The van der Waals surface area contributed by atoms with E-state index in [4.69, 9.17) is 0 Å². The molecule has 0 spiro atoms. The van der Waals surface area contributed by atoms with E-state index in [-0.39, 0.29) is 4.21 Å². The first-order valence-electron chi connectivity index (χ1n) is 5.40. The SMILES string of the molecule is CS(=O)(=O)Nc1ccc(NS(=O)(=O)c2cccs2)cc1. The van der Waals surface area contributed by atoms with Crippen LogP contribution in [0.2, 0.25) is 0 Å². The van der Waals surface area contributed by atoms with Gasteiger partial charge in [-0.2, -0.15) is 0 Å². The minimum atomic E-state index is -3.59. The summed E-state index contributed by atoms with van der Waals surface area (Å²) in [4.78, 5) is 0. The van der Waals surface area contributed by atoms with Crippen LogP contribution in [0.15, 0.2) is 46.0 Å². The predicted octanol–water partition coefficient (Wildman–Crippen LogP) is 1.92. The number of anilines is 2. The first-order chi connectivity index (χ1) is 9.26. The topological polar surface area (TPSA) is 92.3 Å². The molecule has 0 aliphatic heterocycles. The van der Waals surface area contributed by atoms with E-state index in [1.54, 1.807) is 11.4 Å². The van der Waals surface area contributed by atoms with Gasteiger partial charge in [-0.15, -0.1) is 11.3 Å². The summed E-state index contributed by atoms with van der Waals surface area (Å²) in [5.41, 5.74) is 0.726. The Balaban J connectivity index is 2.16. The summed E-state index contributed by atoms with van der Waals surface area (Å²) in [6, 6.07) is 9.09. The van der Waals surface area contributed by atoms with Crippen LogP contribution in [0.4, 0.5) is 11.4 Å². The van der Waals surface area contributed by atoms with Gasteiger partial charge in [-0.3, -0.25) is 9.44 Å². The van der Waals surface area contributed by atoms with Crippen LogP contribution in [0.25, 0.3) is 0 Å². The number of thiophene rings is 1. The van der Waals surface area contributed by atoms with Gasteiger partial charge in [0.1, 0.15) is 4.21 Å². The van der Waals surface area contributed by atoms with Crippen LogP contribution >= 0.6 is 11.3 Å². The molecule has 2 rings (SSSR count). The molecule has 0 saturated heterocycles. The van der Waals surface area contributed by atoms with Crippen molar-refractivity contribution in [3.8, 4) is 0 Å². The van der Waals surface area contributed by atoms with E-state index < -0.39 is 20.0 Å². The molecule has 0 amide bonds. The number of benzene rings is 1. The average Bonchev–Trinajstić information content (AvgIpc) is 2.84. The van der Waals surface area contributed by atoms with E-state index in [2.05, 4.69) is 9.44 Å². The summed E-state index contributed by atoms with van der Waals surface area (Å²) < 4.78 is 51.0. The van der Waals surface area contributed by atoms with Crippen LogP contribution in [0.1, 0.15) is 0 Å². The molecular formula is C11H12N2O4S3. The molecular weight excluding hydrogens is 320 g/mol. The molecule has 0 atom stereocenters. The molecule has 0 bridgehead atoms. The lowest BCUT2D eigenvalue weighted by Crippen LogP contribution is -2.12. The van der Waals surface area contributed by atoms with Crippen LogP contribution in [-0.2, 0) is 20.0 Å². The molecule has 1 heterocycles. The normalized spacial score (nSPS) is 12.1. The van der Waals surface area contributed by atoms with E-state index in [1.165, 1.54) is 30.3 Å². The predicted molar refractivity (Wildman–Crippen MR) is 80.0 cm³/mol. The Kier molecular flexibility index (Phi) is 4.02. The summed E-state index contributed by atoms with van der Waals surface area (Å²) in [5.74, 6) is 0. The molecule has 108 valence electrons. The van der Waals surface area contributed by atoms with Gasteiger partial charge in [-0.25, -0.2) is 16.8 Å². The Morgan fingerprint density at radius 2 is 1.45 bits per heavy atom. The van der Waals surface area contributed by atoms with E-state index in [9.17, 15) is 16.8 Å². The Morgan fingerprint density at radius 3 is 1.90 bits per heavy atom. The minimum absolute atomic E-state index is 0.218. The third-order valence-corrected chi connectivity index (χ3v) is 5.59. The van der Waals surface area contributed by atoms with Crippen molar-refractivity contribution in [1.82, 2.24) is 0 Å². The summed E-state index contributed by atoms with van der Waals surface area (Å²) in [6.07, 6.45) is 1.04. The standard InChI is InChI=1S/C11H12N2O4S3/c1-19(14,15)12-9-4-6-10(7-5-9)13-20(16,17)11-3-2-8-18-11/h2-8,12-13H,1H3. The number of hydrogen-bond acceptors (Lipinski definition) is 5. The van der Waals surface area contributed by atoms with Crippen molar-refractivity contribution in [2.75, 3.05) is 15.7 Å². The molecule has 9 heteroatoms. The van der Waals surface area contributed by atoms with Gasteiger partial charge >= 0.3 is 0 Å². The van der Waals surface area contributed by atoms with Crippen LogP contribution < -0.4 is 9.44 Å². The van der Waals surface area contributed by atoms with Crippen molar-refractivity contribution in [3.05, 3.63) is 41.8 Å². The van der Waals surface area contributed by atoms with Crippen molar-refractivity contribution < 1.29 is 16.8 Å². The van der Waals surface area contributed by atoms with Crippen LogP contribution in [-0.4, -0.2) is 23.1 Å². The van der Waals surface area contributed by atoms with Gasteiger partial charge < -0.3 is 0 Å². The smallest absolute Gasteiger partial charge is 0.271 e. The first kappa shape index (κ1) is 14.8. The van der Waals surface area contributed by atoms with Gasteiger partial charge in [0, 0.05) is 11.4 Å². The zero-order valence-electron chi connectivity index (χ0n) is 10.4. The van der Waals surface area contributed by atoms with Crippen LogP contribution in [0.3, 0.4) is 0 Å². The molecule has 0 aliphatic rings. The quantitative estimate of drug-likeness (QED) is 0.875. The van der Waals surface area contributed by atoms with Gasteiger partial charge in [-0.05, 0) is 35.7 Å². The summed E-state index contributed by atoms with van der Waals surface area (Å²) >= 11 is 1.12. The van der Waals surface area contributed by atoms with Crippen molar-refractivity contribution in [2.24, 2.45) is 0 Å². The number of hydrogen-bond donors (Lipinski definition) is 2. The second-order valence-electron chi connectivity index (χ2n) is 3.99. The minimum Gasteiger partial charge on any atom is -0.284 e. The number of sulfonamides is 2. The summed E-state index contributed by atoms with van der Waals surface area (Å²) in [5, 5.41) is 1.67. The third kappa shape index (κ3) is 3.95. The zero-order chi connectivity index (χ0) is 14.8. The fraction of sp³-hybridized carbons (Fsp3) is 0.0909. The lowest BCUT2D eigenvalue weighted by atomic mass is 10.3. The number of nitrogens with one attached hydrogen (secondary N) is 2. The van der Waals surface area contributed by atoms with Gasteiger partial charge in [0.15, 0.2) is 0 Å². The molecule has 0 unspecified atom stereocenters. The maximum absolute atomic E-state index is 12.0. The molecule has 2 aromatic rings. The lowest BCUT2D eigenvalue weighted by Gasteiger charge is -2.08. The second kappa shape index (κ2) is 5.43. The Bertz CT molecular complexity index is 779. The van der Waals surface area contributed by atoms with Gasteiger partial charge in [-0.1, -0.05) is 6.07 Å². The zero-order valence-corrected chi connectivity index (χ0v) is 12.8. The summed E-state index contributed by atoms with van der Waals surface area (Å²) in [7, 11) is -6.94. The van der Waals surface area contributed by atoms with Gasteiger partial charge in [0.05, 0.1) is 6.26 Å². The highest BCUT2D eigenvalue weighted by Gasteiger charge is 2.14. The van der Waals surface area contributed by atoms with Crippen LogP contribution in [0, 0.1) is 0 Å². The van der Waals surface area contributed by atoms with Gasteiger partial charge in [0.25, 0.3) is 10.0 Å². The van der Waals surface area contributed by atoms with Crippen molar-refractivity contribution in [1.29, 1.82) is 0 Å². The Labute approximate surface area is 121 Å². The Hall–Kier alpha value is -1.58. The van der Waals surface area contributed by atoms with Crippen LogP contribution in [0.5, 0.6) is 0 Å². The third-order valence-electron chi connectivity index (χ3n) is 2.20. The maximum atomic E-state index is 12.0. The molecule has 2 N–H and O–H groups in total. The molecule has 1 aromatic heterocycles. The van der Waals surface area contributed by atoms with Gasteiger partial charge in [0.2, 0.25) is 10.0 Å². The lowest BCUT2D eigenvalue weighted by molar-refractivity contribution is 0.602. The molecule has 1 aromatic carbocycles. The molecule has 0 aliphatic carbocycles. The fourth-order valence-electron chi connectivity index (χ4n) is 1.44.